The van der Waals surface area contributed by atoms with Gasteiger partial charge in [-0.1, -0.05) is 12.0 Å². The van der Waals surface area contributed by atoms with Crippen molar-refractivity contribution < 1.29 is 0 Å². The summed E-state index contributed by atoms with van der Waals surface area (Å²) in [6.45, 7) is 4.24. The van der Waals surface area contributed by atoms with Gasteiger partial charge in [0.15, 0.2) is 0 Å². The fourth-order valence-corrected chi connectivity index (χ4v) is 2.51. The zero-order valence-electron chi connectivity index (χ0n) is 8.87. The lowest BCUT2D eigenvalue weighted by Crippen LogP contribution is -1.82. The van der Waals surface area contributed by atoms with E-state index in [0.717, 1.165) is 5.56 Å². The summed E-state index contributed by atoms with van der Waals surface area (Å²) in [6.07, 6.45) is 5.41. The smallest absolute Gasteiger partial charge is 0.0348 e. The summed E-state index contributed by atoms with van der Waals surface area (Å²) in [5.41, 5.74) is 3.47. The highest BCUT2D eigenvalue weighted by atomic mass is 32.1. The third kappa shape index (κ3) is 1.95. The molecule has 0 bridgehead atoms. The van der Waals surface area contributed by atoms with Crippen LogP contribution in [0.3, 0.4) is 0 Å². The second-order valence-electron chi connectivity index (χ2n) is 3.58. The molecule has 0 aliphatic heterocycles. The van der Waals surface area contributed by atoms with Crippen LogP contribution in [0.2, 0.25) is 0 Å². The Morgan fingerprint density at radius 2 is 1.93 bits per heavy atom. The molecule has 0 fully saturated rings. The van der Waals surface area contributed by atoms with Gasteiger partial charge in [0.1, 0.15) is 0 Å². The van der Waals surface area contributed by atoms with Crippen molar-refractivity contribution >= 4 is 11.3 Å². The number of rotatable bonds is 1. The normalized spacial score (nSPS) is 9.93. The van der Waals surface area contributed by atoms with Gasteiger partial charge in [-0.2, -0.15) is 0 Å². The van der Waals surface area contributed by atoms with Gasteiger partial charge >= 0.3 is 0 Å². The van der Waals surface area contributed by atoms with Gasteiger partial charge in [-0.25, -0.2) is 0 Å². The van der Waals surface area contributed by atoms with E-state index < -0.39 is 0 Å². The van der Waals surface area contributed by atoms with Crippen molar-refractivity contribution in [2.24, 2.45) is 0 Å². The van der Waals surface area contributed by atoms with Crippen LogP contribution in [0.1, 0.15) is 16.0 Å². The van der Waals surface area contributed by atoms with Crippen molar-refractivity contribution in [2.45, 2.75) is 13.8 Å². The Morgan fingerprint density at radius 1 is 1.13 bits per heavy atom. The Bertz CT molecular complexity index is 527. The predicted molar refractivity (Wildman–Crippen MR) is 67.2 cm³/mol. The summed E-state index contributed by atoms with van der Waals surface area (Å²) in [5.74, 6) is 2.68. The van der Waals surface area contributed by atoms with Gasteiger partial charge in [-0.3, -0.25) is 0 Å². The molecule has 0 unspecified atom stereocenters. The van der Waals surface area contributed by atoms with Crippen LogP contribution in [-0.2, 0) is 0 Å². The maximum Gasteiger partial charge on any atom is 0.0348 e. The number of terminal acetylenes is 1. The summed E-state index contributed by atoms with van der Waals surface area (Å²) >= 11 is 1.81. The van der Waals surface area contributed by atoms with Crippen molar-refractivity contribution in [1.82, 2.24) is 0 Å². The van der Waals surface area contributed by atoms with E-state index in [9.17, 15) is 0 Å². The lowest BCUT2D eigenvalue weighted by Gasteiger charge is -2.03. The summed E-state index contributed by atoms with van der Waals surface area (Å²) in [7, 11) is 0. The molecule has 0 radical (unpaired) electrons. The number of aryl methyl sites for hydroxylation is 2. The molecule has 2 aromatic rings. The number of hydrogen-bond donors (Lipinski definition) is 0. The zero-order valence-corrected chi connectivity index (χ0v) is 9.69. The Kier molecular flexibility index (Phi) is 2.62. The molecule has 1 heteroatoms. The third-order valence-corrected chi connectivity index (χ3v) is 3.44. The first-order valence-electron chi connectivity index (χ1n) is 4.85. The highest BCUT2D eigenvalue weighted by Crippen LogP contribution is 2.30. The van der Waals surface area contributed by atoms with Gasteiger partial charge < -0.3 is 0 Å². The fraction of sp³-hybridized carbons (Fsp3) is 0.143. The number of benzene rings is 1. The quantitative estimate of drug-likeness (QED) is 0.626. The van der Waals surface area contributed by atoms with Crippen LogP contribution in [0.15, 0.2) is 30.3 Å². The van der Waals surface area contributed by atoms with Crippen molar-refractivity contribution in [3.8, 4) is 22.8 Å². The topological polar surface area (TPSA) is 0 Å². The van der Waals surface area contributed by atoms with Crippen LogP contribution in [0.25, 0.3) is 10.4 Å². The molecule has 0 saturated heterocycles. The first-order valence-corrected chi connectivity index (χ1v) is 5.66. The molecule has 0 N–H and O–H groups in total. The van der Waals surface area contributed by atoms with Crippen LogP contribution in [0.5, 0.6) is 0 Å². The van der Waals surface area contributed by atoms with Gasteiger partial charge in [0.25, 0.3) is 0 Å². The summed E-state index contributed by atoms with van der Waals surface area (Å²) in [6, 6.07) is 10.4. The molecule has 0 aliphatic carbocycles. The summed E-state index contributed by atoms with van der Waals surface area (Å²) in [4.78, 5) is 2.62. The maximum absolute atomic E-state index is 5.41. The first-order chi connectivity index (χ1) is 7.20. The summed E-state index contributed by atoms with van der Waals surface area (Å²) in [5, 5.41) is 0. The average Bonchev–Trinajstić information content (AvgIpc) is 2.65. The summed E-state index contributed by atoms with van der Waals surface area (Å²) < 4.78 is 0. The monoisotopic (exact) mass is 212 g/mol. The van der Waals surface area contributed by atoms with E-state index in [1.165, 1.54) is 20.9 Å². The van der Waals surface area contributed by atoms with Crippen molar-refractivity contribution in [2.75, 3.05) is 0 Å². The largest absolute Gasteiger partial charge is 0.141 e. The fourth-order valence-electron chi connectivity index (χ4n) is 1.56. The Morgan fingerprint density at radius 3 is 2.53 bits per heavy atom. The van der Waals surface area contributed by atoms with Gasteiger partial charge in [-0.15, -0.1) is 17.8 Å². The number of thiophene rings is 1. The third-order valence-electron chi connectivity index (χ3n) is 2.41. The molecule has 15 heavy (non-hydrogen) atoms. The molecule has 0 nitrogen and oxygen atoms in total. The highest BCUT2D eigenvalue weighted by molar-refractivity contribution is 7.15. The van der Waals surface area contributed by atoms with E-state index in [0.29, 0.717) is 0 Å². The van der Waals surface area contributed by atoms with Gasteiger partial charge in [0.2, 0.25) is 0 Å². The highest BCUT2D eigenvalue weighted by Gasteiger charge is 2.04. The lowest BCUT2D eigenvalue weighted by atomic mass is 10.0. The first kappa shape index (κ1) is 10.0. The van der Waals surface area contributed by atoms with E-state index in [1.54, 1.807) is 11.3 Å². The van der Waals surface area contributed by atoms with E-state index in [1.807, 2.05) is 6.07 Å². The Labute approximate surface area is 94.6 Å². The van der Waals surface area contributed by atoms with Gasteiger partial charge in [0.05, 0.1) is 0 Å². The standard InChI is InChI=1S/C14H12S/c1-4-12-7-5-10(2)13(9-12)14-8-6-11(3)15-14/h1,5-9H,2-3H3. The van der Waals surface area contributed by atoms with Crippen molar-refractivity contribution in [3.05, 3.63) is 46.3 Å². The minimum absolute atomic E-state index is 0.946. The van der Waals surface area contributed by atoms with E-state index >= 15 is 0 Å². The van der Waals surface area contributed by atoms with Crippen LogP contribution >= 0.6 is 11.3 Å². The minimum Gasteiger partial charge on any atom is -0.141 e. The zero-order chi connectivity index (χ0) is 10.8. The molecule has 0 atom stereocenters. The second kappa shape index (κ2) is 3.92. The molecule has 0 aliphatic rings. The van der Waals surface area contributed by atoms with Crippen LogP contribution in [0.4, 0.5) is 0 Å². The van der Waals surface area contributed by atoms with Crippen LogP contribution < -0.4 is 0 Å². The molecule has 74 valence electrons. The molecular weight excluding hydrogens is 200 g/mol. The van der Waals surface area contributed by atoms with E-state index in [2.05, 4.69) is 44.0 Å². The average molecular weight is 212 g/mol. The SMILES string of the molecule is C#Cc1ccc(C)c(-c2ccc(C)s2)c1. The molecule has 1 aromatic carbocycles. The molecule has 1 heterocycles. The van der Waals surface area contributed by atoms with Crippen molar-refractivity contribution in [3.63, 3.8) is 0 Å². The van der Waals surface area contributed by atoms with Crippen LogP contribution in [-0.4, -0.2) is 0 Å². The predicted octanol–water partition coefficient (Wildman–Crippen LogP) is 4.01. The maximum atomic E-state index is 5.41. The van der Waals surface area contributed by atoms with E-state index in [4.69, 9.17) is 6.42 Å². The molecular formula is C14H12S. The second-order valence-corrected chi connectivity index (χ2v) is 4.87. The molecule has 0 saturated carbocycles. The van der Waals surface area contributed by atoms with Gasteiger partial charge in [-0.05, 0) is 49.2 Å². The molecule has 0 spiro atoms. The van der Waals surface area contributed by atoms with Gasteiger partial charge in [0, 0.05) is 15.3 Å². The molecule has 0 amide bonds. The lowest BCUT2D eigenvalue weighted by molar-refractivity contribution is 1.46. The van der Waals surface area contributed by atoms with Crippen LogP contribution in [0, 0.1) is 26.2 Å². The van der Waals surface area contributed by atoms with Crippen molar-refractivity contribution in [1.29, 1.82) is 0 Å². The van der Waals surface area contributed by atoms with E-state index in [-0.39, 0.29) is 0 Å². The Hall–Kier alpha value is -1.52. The molecule has 2 rings (SSSR count). The molecule has 1 aromatic heterocycles. The minimum atomic E-state index is 0.946. The number of hydrogen-bond acceptors (Lipinski definition) is 1. The Balaban J connectivity index is 2.57.